The van der Waals surface area contributed by atoms with E-state index < -0.39 is 10.0 Å². The van der Waals surface area contributed by atoms with E-state index >= 15 is 0 Å². The molecule has 2 N–H and O–H groups in total. The second kappa shape index (κ2) is 3.69. The average Bonchev–Trinajstić information content (AvgIpc) is 2.03. The molecule has 0 aromatic rings. The maximum atomic E-state index is 11.1. The average molecular weight is 194 g/mol. The van der Waals surface area contributed by atoms with E-state index in [2.05, 4.69) is 0 Å². The van der Waals surface area contributed by atoms with E-state index in [0.717, 1.165) is 0 Å². The third-order valence-corrected chi connectivity index (χ3v) is 3.10. The maximum Gasteiger partial charge on any atom is 0.211 e. The van der Waals surface area contributed by atoms with Gasteiger partial charge in [0.2, 0.25) is 10.0 Å². The van der Waals surface area contributed by atoms with E-state index in [1.54, 1.807) is 0 Å². The highest BCUT2D eigenvalue weighted by atomic mass is 32.2. The Hall–Kier alpha value is -0.170. The normalized spacial score (nSPS) is 27.3. The van der Waals surface area contributed by atoms with Crippen molar-refractivity contribution in [1.29, 1.82) is 0 Å². The van der Waals surface area contributed by atoms with Gasteiger partial charge >= 0.3 is 0 Å². The number of hydrogen-bond acceptors (Lipinski definition) is 4. The number of rotatable bonds is 2. The van der Waals surface area contributed by atoms with Crippen molar-refractivity contribution in [2.75, 3.05) is 32.5 Å². The fourth-order valence-corrected chi connectivity index (χ4v) is 1.98. The molecule has 1 aliphatic rings. The molecule has 0 aromatic carbocycles. The molecule has 1 aliphatic heterocycles. The first kappa shape index (κ1) is 9.91. The van der Waals surface area contributed by atoms with E-state index in [9.17, 15) is 8.42 Å². The Bertz CT molecular complexity index is 239. The fourth-order valence-electron chi connectivity index (χ4n) is 1.14. The van der Waals surface area contributed by atoms with E-state index in [1.165, 1.54) is 10.6 Å². The van der Waals surface area contributed by atoms with Gasteiger partial charge in [-0.05, 0) is 0 Å². The summed E-state index contributed by atoms with van der Waals surface area (Å²) in [7, 11) is -3.07. The van der Waals surface area contributed by atoms with E-state index in [1.807, 2.05) is 0 Å². The lowest BCUT2D eigenvalue weighted by atomic mass is 10.3. The van der Waals surface area contributed by atoms with Crippen LogP contribution in [0.25, 0.3) is 0 Å². The van der Waals surface area contributed by atoms with Crippen molar-refractivity contribution in [3.05, 3.63) is 0 Å². The molecule has 0 aliphatic carbocycles. The summed E-state index contributed by atoms with van der Waals surface area (Å²) in [4.78, 5) is 0. The summed E-state index contributed by atoms with van der Waals surface area (Å²) in [6, 6.07) is 0. The summed E-state index contributed by atoms with van der Waals surface area (Å²) < 4.78 is 28.8. The van der Waals surface area contributed by atoms with Crippen LogP contribution in [0.1, 0.15) is 0 Å². The van der Waals surface area contributed by atoms with Crippen LogP contribution in [-0.4, -0.2) is 51.3 Å². The number of sulfonamides is 1. The molecule has 1 rings (SSSR count). The van der Waals surface area contributed by atoms with Gasteiger partial charge in [0.15, 0.2) is 0 Å². The second-order valence-electron chi connectivity index (χ2n) is 2.85. The highest BCUT2D eigenvalue weighted by Gasteiger charge is 2.25. The molecule has 6 heteroatoms. The van der Waals surface area contributed by atoms with Crippen LogP contribution in [0.4, 0.5) is 0 Å². The van der Waals surface area contributed by atoms with Gasteiger partial charge in [-0.3, -0.25) is 0 Å². The molecule has 0 saturated carbocycles. The lowest BCUT2D eigenvalue weighted by Crippen LogP contribution is -2.47. The summed E-state index contributed by atoms with van der Waals surface area (Å²) in [5, 5.41) is 0. The van der Waals surface area contributed by atoms with Crippen molar-refractivity contribution < 1.29 is 13.2 Å². The molecule has 1 fully saturated rings. The molecule has 1 heterocycles. The molecular weight excluding hydrogens is 180 g/mol. The Labute approximate surface area is 72.5 Å². The van der Waals surface area contributed by atoms with Crippen LogP contribution in [0.5, 0.6) is 0 Å². The molecule has 0 aromatic heterocycles. The third-order valence-electron chi connectivity index (χ3n) is 1.83. The molecule has 0 amide bonds. The van der Waals surface area contributed by atoms with Crippen LogP contribution in [0.15, 0.2) is 0 Å². The zero-order valence-electron chi connectivity index (χ0n) is 7.06. The topological polar surface area (TPSA) is 72.6 Å². The number of nitrogens with zero attached hydrogens (tertiary/aromatic N) is 1. The van der Waals surface area contributed by atoms with Gasteiger partial charge in [-0.25, -0.2) is 8.42 Å². The Kier molecular flexibility index (Phi) is 3.05. The van der Waals surface area contributed by atoms with Gasteiger partial charge in [0.25, 0.3) is 0 Å². The van der Waals surface area contributed by atoms with Crippen LogP contribution in [-0.2, 0) is 14.8 Å². The zero-order chi connectivity index (χ0) is 9.19. The molecule has 0 unspecified atom stereocenters. The van der Waals surface area contributed by atoms with Crippen molar-refractivity contribution in [2.45, 2.75) is 6.10 Å². The lowest BCUT2D eigenvalue weighted by Gasteiger charge is -2.30. The van der Waals surface area contributed by atoms with Crippen molar-refractivity contribution >= 4 is 10.0 Å². The second-order valence-corrected chi connectivity index (χ2v) is 4.83. The first-order valence-corrected chi connectivity index (χ1v) is 5.65. The molecule has 0 bridgehead atoms. The van der Waals surface area contributed by atoms with Crippen LogP contribution >= 0.6 is 0 Å². The van der Waals surface area contributed by atoms with Gasteiger partial charge in [0.1, 0.15) is 0 Å². The molecule has 1 atom stereocenters. The first-order valence-electron chi connectivity index (χ1n) is 3.81. The minimum Gasteiger partial charge on any atom is -0.374 e. The number of ether oxygens (including phenoxy) is 1. The minimum absolute atomic E-state index is 0.145. The SMILES string of the molecule is CS(=O)(=O)N1CCO[C@H](CN)C1. The number of morpholine rings is 1. The molecule has 72 valence electrons. The van der Waals surface area contributed by atoms with Crippen LogP contribution in [0, 0.1) is 0 Å². The Morgan fingerprint density at radius 2 is 2.33 bits per heavy atom. The van der Waals surface area contributed by atoms with Gasteiger partial charge in [-0.2, -0.15) is 4.31 Å². The van der Waals surface area contributed by atoms with Crippen LogP contribution < -0.4 is 5.73 Å². The summed E-state index contributed by atoms with van der Waals surface area (Å²) >= 11 is 0. The molecular formula is C6H14N2O3S. The van der Waals surface area contributed by atoms with Crippen LogP contribution in [0.3, 0.4) is 0 Å². The van der Waals surface area contributed by atoms with E-state index in [4.69, 9.17) is 10.5 Å². The number of hydrogen-bond donors (Lipinski definition) is 1. The summed E-state index contributed by atoms with van der Waals surface area (Å²) in [6.45, 7) is 1.63. The predicted octanol–water partition coefficient (Wildman–Crippen LogP) is -1.39. The Morgan fingerprint density at radius 3 is 2.83 bits per heavy atom. The van der Waals surface area contributed by atoms with Crippen molar-refractivity contribution in [3.8, 4) is 0 Å². The highest BCUT2D eigenvalue weighted by Crippen LogP contribution is 2.07. The fraction of sp³-hybridized carbons (Fsp3) is 1.00. The van der Waals surface area contributed by atoms with Gasteiger partial charge in [0.05, 0.1) is 19.0 Å². The zero-order valence-corrected chi connectivity index (χ0v) is 7.88. The largest absolute Gasteiger partial charge is 0.374 e. The molecule has 12 heavy (non-hydrogen) atoms. The molecule has 5 nitrogen and oxygen atoms in total. The van der Waals surface area contributed by atoms with Gasteiger partial charge in [-0.1, -0.05) is 0 Å². The monoisotopic (exact) mass is 194 g/mol. The van der Waals surface area contributed by atoms with E-state index in [0.29, 0.717) is 26.2 Å². The van der Waals surface area contributed by atoms with Crippen molar-refractivity contribution in [1.82, 2.24) is 4.31 Å². The summed E-state index contributed by atoms with van der Waals surface area (Å²) in [5.74, 6) is 0. The van der Waals surface area contributed by atoms with Gasteiger partial charge < -0.3 is 10.5 Å². The first-order chi connectivity index (χ1) is 5.54. The van der Waals surface area contributed by atoms with Crippen molar-refractivity contribution in [3.63, 3.8) is 0 Å². The molecule has 0 radical (unpaired) electrons. The van der Waals surface area contributed by atoms with Gasteiger partial charge in [-0.15, -0.1) is 0 Å². The predicted molar refractivity (Wildman–Crippen MR) is 45.2 cm³/mol. The Morgan fingerprint density at radius 1 is 1.67 bits per heavy atom. The maximum absolute atomic E-state index is 11.1. The highest BCUT2D eigenvalue weighted by molar-refractivity contribution is 7.88. The Balaban J connectivity index is 2.58. The van der Waals surface area contributed by atoms with Crippen LogP contribution in [0.2, 0.25) is 0 Å². The van der Waals surface area contributed by atoms with Crippen molar-refractivity contribution in [2.24, 2.45) is 5.73 Å². The quantitative estimate of drug-likeness (QED) is 0.587. The lowest BCUT2D eigenvalue weighted by molar-refractivity contribution is 0.00472. The van der Waals surface area contributed by atoms with Gasteiger partial charge in [0, 0.05) is 19.6 Å². The smallest absolute Gasteiger partial charge is 0.211 e. The summed E-state index contributed by atoms with van der Waals surface area (Å²) in [6.07, 6.45) is 1.06. The minimum atomic E-state index is -3.07. The summed E-state index contributed by atoms with van der Waals surface area (Å²) in [5.41, 5.74) is 5.36. The third kappa shape index (κ3) is 2.41. The molecule has 0 spiro atoms. The molecule has 1 saturated heterocycles. The van der Waals surface area contributed by atoms with E-state index in [-0.39, 0.29) is 6.10 Å². The standard InChI is InChI=1S/C6H14N2O3S/c1-12(9,10)8-2-3-11-6(4-7)5-8/h6H,2-5,7H2,1H3/t6-/m1/s1. The number of nitrogens with two attached hydrogens (primary N) is 1.